The molecule has 0 aliphatic heterocycles. The average Bonchev–Trinajstić information content (AvgIpc) is 2.69. The zero-order valence-electron chi connectivity index (χ0n) is 10.5. The molecule has 0 spiro atoms. The summed E-state index contributed by atoms with van der Waals surface area (Å²) in [6.07, 6.45) is 1.42. The number of anilines is 1. The molecule has 2 rings (SSSR count). The number of nitro benzene ring substituents is 1. The second-order valence-electron chi connectivity index (χ2n) is 3.85. The van der Waals surface area contributed by atoms with E-state index in [1.807, 2.05) is 13.8 Å². The lowest BCUT2D eigenvalue weighted by atomic mass is 10.2. The number of hydrogen-bond acceptors (Lipinski definition) is 6. The van der Waals surface area contributed by atoms with E-state index in [1.165, 1.54) is 23.6 Å². The van der Waals surface area contributed by atoms with Gasteiger partial charge in [-0.2, -0.15) is 5.10 Å². The quantitative estimate of drug-likeness (QED) is 0.528. The fourth-order valence-corrected chi connectivity index (χ4v) is 2.20. The summed E-state index contributed by atoms with van der Waals surface area (Å²) in [4.78, 5) is 15.8. The van der Waals surface area contributed by atoms with Gasteiger partial charge in [0.1, 0.15) is 0 Å². The zero-order valence-corrected chi connectivity index (χ0v) is 11.3. The Labute approximate surface area is 114 Å². The third-order valence-corrected chi connectivity index (χ3v) is 3.50. The lowest BCUT2D eigenvalue weighted by Gasteiger charge is -1.96. The minimum atomic E-state index is -0.432. The van der Waals surface area contributed by atoms with E-state index < -0.39 is 4.92 Å². The van der Waals surface area contributed by atoms with Crippen LogP contribution in [0.15, 0.2) is 29.4 Å². The molecule has 1 aromatic carbocycles. The standard InChI is InChI=1S/C12H12N4O2S/c1-8-9(2)19-12(14-8)15-13-7-10-5-3-4-6-11(10)16(17)18/h3-7H,1-2H3,(H,14,15). The molecule has 7 heteroatoms. The Morgan fingerprint density at radius 3 is 2.79 bits per heavy atom. The number of nitro groups is 1. The van der Waals surface area contributed by atoms with Crippen molar-refractivity contribution in [3.63, 3.8) is 0 Å². The van der Waals surface area contributed by atoms with E-state index in [0.717, 1.165) is 10.6 Å². The van der Waals surface area contributed by atoms with Crippen LogP contribution in [0.2, 0.25) is 0 Å². The number of nitrogens with one attached hydrogen (secondary N) is 1. The van der Waals surface area contributed by atoms with Crippen LogP contribution in [0.5, 0.6) is 0 Å². The first kappa shape index (κ1) is 13.2. The summed E-state index contributed by atoms with van der Waals surface area (Å²) in [5.41, 5.74) is 4.20. The average molecular weight is 276 g/mol. The maximum atomic E-state index is 10.8. The maximum absolute atomic E-state index is 10.8. The first-order valence-electron chi connectivity index (χ1n) is 5.54. The van der Waals surface area contributed by atoms with Gasteiger partial charge < -0.3 is 0 Å². The Kier molecular flexibility index (Phi) is 3.86. The van der Waals surface area contributed by atoms with Gasteiger partial charge in [0.2, 0.25) is 5.13 Å². The maximum Gasteiger partial charge on any atom is 0.278 e. The summed E-state index contributed by atoms with van der Waals surface area (Å²) in [6.45, 7) is 3.90. The Bertz CT molecular complexity index is 617. The van der Waals surface area contributed by atoms with Crippen molar-refractivity contribution in [2.45, 2.75) is 13.8 Å². The molecule has 0 saturated carbocycles. The third-order valence-electron chi connectivity index (χ3n) is 2.53. The highest BCUT2D eigenvalue weighted by Crippen LogP contribution is 2.21. The molecule has 19 heavy (non-hydrogen) atoms. The number of nitrogens with zero attached hydrogens (tertiary/aromatic N) is 3. The van der Waals surface area contributed by atoms with E-state index in [9.17, 15) is 10.1 Å². The molecule has 0 fully saturated rings. The molecule has 1 heterocycles. The Balaban J connectivity index is 2.13. The minimum absolute atomic E-state index is 0.0274. The molecule has 0 unspecified atom stereocenters. The van der Waals surface area contributed by atoms with Crippen LogP contribution >= 0.6 is 11.3 Å². The molecule has 1 aromatic heterocycles. The first-order chi connectivity index (χ1) is 9.08. The van der Waals surface area contributed by atoms with Crippen LogP contribution < -0.4 is 5.43 Å². The van der Waals surface area contributed by atoms with Crippen LogP contribution in [-0.4, -0.2) is 16.1 Å². The molecule has 0 aliphatic carbocycles. The summed E-state index contributed by atoms with van der Waals surface area (Å²) >= 11 is 1.49. The van der Waals surface area contributed by atoms with Crippen LogP contribution in [0.25, 0.3) is 0 Å². The molecule has 0 radical (unpaired) electrons. The topological polar surface area (TPSA) is 80.4 Å². The summed E-state index contributed by atoms with van der Waals surface area (Å²) in [7, 11) is 0. The molecule has 0 saturated heterocycles. The number of para-hydroxylation sites is 1. The van der Waals surface area contributed by atoms with Gasteiger partial charge in [-0.1, -0.05) is 12.1 Å². The van der Waals surface area contributed by atoms with Crippen molar-refractivity contribution in [3.05, 3.63) is 50.5 Å². The van der Waals surface area contributed by atoms with E-state index in [-0.39, 0.29) is 5.69 Å². The van der Waals surface area contributed by atoms with Gasteiger partial charge in [0.15, 0.2) is 0 Å². The number of rotatable bonds is 4. The highest BCUT2D eigenvalue weighted by molar-refractivity contribution is 7.15. The highest BCUT2D eigenvalue weighted by atomic mass is 32.1. The Morgan fingerprint density at radius 2 is 2.16 bits per heavy atom. The SMILES string of the molecule is Cc1nc(NN=Cc2ccccc2[N+](=O)[O-])sc1C. The molecular formula is C12H12N4O2S. The van der Waals surface area contributed by atoms with Gasteiger partial charge in [0, 0.05) is 10.9 Å². The Morgan fingerprint density at radius 1 is 1.42 bits per heavy atom. The van der Waals surface area contributed by atoms with Crippen molar-refractivity contribution in [1.29, 1.82) is 0 Å². The van der Waals surface area contributed by atoms with E-state index in [2.05, 4.69) is 15.5 Å². The fraction of sp³-hybridized carbons (Fsp3) is 0.167. The third kappa shape index (κ3) is 3.14. The van der Waals surface area contributed by atoms with Gasteiger partial charge >= 0.3 is 0 Å². The van der Waals surface area contributed by atoms with Crippen molar-refractivity contribution in [2.75, 3.05) is 5.43 Å². The number of benzene rings is 1. The normalized spacial score (nSPS) is 10.8. The minimum Gasteiger partial charge on any atom is -0.258 e. The second kappa shape index (κ2) is 5.57. The van der Waals surface area contributed by atoms with Gasteiger partial charge in [0.05, 0.1) is 22.4 Å². The number of aromatic nitrogens is 1. The van der Waals surface area contributed by atoms with Crippen molar-refractivity contribution < 1.29 is 4.92 Å². The van der Waals surface area contributed by atoms with Crippen molar-refractivity contribution >= 4 is 28.4 Å². The van der Waals surface area contributed by atoms with E-state index in [4.69, 9.17) is 0 Å². The predicted octanol–water partition coefficient (Wildman–Crippen LogP) is 3.11. The van der Waals surface area contributed by atoms with Crippen molar-refractivity contribution in [3.8, 4) is 0 Å². The molecule has 0 atom stereocenters. The number of hydrazone groups is 1. The van der Waals surface area contributed by atoms with E-state index in [0.29, 0.717) is 10.7 Å². The van der Waals surface area contributed by atoms with E-state index in [1.54, 1.807) is 18.2 Å². The first-order valence-corrected chi connectivity index (χ1v) is 6.36. The molecular weight excluding hydrogens is 264 g/mol. The number of hydrogen-bond donors (Lipinski definition) is 1. The monoisotopic (exact) mass is 276 g/mol. The van der Waals surface area contributed by atoms with Crippen LogP contribution in [0, 0.1) is 24.0 Å². The number of thiazole rings is 1. The van der Waals surface area contributed by atoms with Crippen molar-refractivity contribution in [2.24, 2.45) is 5.10 Å². The van der Waals surface area contributed by atoms with Crippen LogP contribution in [0.4, 0.5) is 10.8 Å². The molecule has 2 aromatic rings. The number of aryl methyl sites for hydroxylation is 2. The van der Waals surface area contributed by atoms with E-state index >= 15 is 0 Å². The molecule has 0 aliphatic rings. The predicted molar refractivity (Wildman–Crippen MR) is 75.9 cm³/mol. The largest absolute Gasteiger partial charge is 0.278 e. The Hall–Kier alpha value is -2.28. The van der Waals surface area contributed by atoms with Gasteiger partial charge in [-0.3, -0.25) is 15.5 Å². The lowest BCUT2D eigenvalue weighted by molar-refractivity contribution is -0.385. The van der Waals surface area contributed by atoms with Gasteiger partial charge in [-0.25, -0.2) is 4.98 Å². The zero-order chi connectivity index (χ0) is 13.8. The molecule has 0 amide bonds. The summed E-state index contributed by atoms with van der Waals surface area (Å²) in [6, 6.07) is 6.43. The fourth-order valence-electron chi connectivity index (χ4n) is 1.44. The van der Waals surface area contributed by atoms with Gasteiger partial charge in [0.25, 0.3) is 5.69 Å². The van der Waals surface area contributed by atoms with Crippen LogP contribution in [0.3, 0.4) is 0 Å². The van der Waals surface area contributed by atoms with Crippen LogP contribution in [0.1, 0.15) is 16.1 Å². The lowest BCUT2D eigenvalue weighted by Crippen LogP contribution is -1.95. The summed E-state index contributed by atoms with van der Waals surface area (Å²) in [5, 5.41) is 15.5. The summed E-state index contributed by atoms with van der Waals surface area (Å²) < 4.78 is 0. The second-order valence-corrected chi connectivity index (χ2v) is 5.05. The van der Waals surface area contributed by atoms with Crippen LogP contribution in [-0.2, 0) is 0 Å². The van der Waals surface area contributed by atoms with Gasteiger partial charge in [-0.15, -0.1) is 11.3 Å². The van der Waals surface area contributed by atoms with Crippen molar-refractivity contribution in [1.82, 2.24) is 4.98 Å². The molecule has 0 bridgehead atoms. The summed E-state index contributed by atoms with van der Waals surface area (Å²) in [5.74, 6) is 0. The molecule has 1 N–H and O–H groups in total. The molecule has 6 nitrogen and oxygen atoms in total. The highest BCUT2D eigenvalue weighted by Gasteiger charge is 2.09. The molecule has 98 valence electrons. The smallest absolute Gasteiger partial charge is 0.258 e. The van der Waals surface area contributed by atoms with Gasteiger partial charge in [-0.05, 0) is 19.9 Å².